The Morgan fingerprint density at radius 1 is 1.33 bits per heavy atom. The summed E-state index contributed by atoms with van der Waals surface area (Å²) in [6.45, 7) is 1.83. The molecule has 0 spiro atoms. The summed E-state index contributed by atoms with van der Waals surface area (Å²) in [6.07, 6.45) is 1.78. The first kappa shape index (κ1) is 8.10. The lowest BCUT2D eigenvalue weighted by molar-refractivity contribution is 1.37. The highest BCUT2D eigenvalue weighted by Crippen LogP contribution is 2.17. The summed E-state index contributed by atoms with van der Waals surface area (Å²) in [7, 11) is 0. The van der Waals surface area contributed by atoms with E-state index in [0.717, 1.165) is 5.56 Å². The third-order valence-electron chi connectivity index (χ3n) is 1.58. The molecule has 1 rings (SSSR count). The quantitative estimate of drug-likeness (QED) is 0.499. The molecule has 0 unspecified atom stereocenters. The predicted molar refractivity (Wildman–Crippen MR) is 45.1 cm³/mol. The van der Waals surface area contributed by atoms with Crippen molar-refractivity contribution in [1.82, 2.24) is 0 Å². The Kier molecular flexibility index (Phi) is 2.30. The maximum atomic E-state index is 8.73. The number of nitrogens with zero attached hydrogens (tertiary/aromatic N) is 2. The monoisotopic (exact) mass is 157 g/mol. The molecular formula is C9H7N3. The number of nitrogens with one attached hydrogen (secondary N) is 1. The molecule has 0 aliphatic carbocycles. The molecule has 0 saturated carbocycles. The molecule has 0 aliphatic heterocycles. The van der Waals surface area contributed by atoms with Crippen molar-refractivity contribution in [2.75, 3.05) is 5.32 Å². The summed E-state index contributed by atoms with van der Waals surface area (Å²) in [5.74, 6) is 0. The van der Waals surface area contributed by atoms with Gasteiger partial charge in [-0.05, 0) is 18.6 Å². The van der Waals surface area contributed by atoms with Gasteiger partial charge >= 0.3 is 0 Å². The molecule has 0 bridgehead atoms. The Balaban J connectivity index is 3.23. The van der Waals surface area contributed by atoms with Gasteiger partial charge in [-0.15, -0.1) is 0 Å². The van der Waals surface area contributed by atoms with Crippen molar-refractivity contribution >= 4 is 5.69 Å². The fourth-order valence-corrected chi connectivity index (χ4v) is 0.981. The minimum absolute atomic E-state index is 0.527. The topological polar surface area (TPSA) is 59.6 Å². The molecule has 0 saturated heterocycles. The first-order chi connectivity index (χ1) is 5.79. The van der Waals surface area contributed by atoms with Crippen molar-refractivity contribution in [2.24, 2.45) is 0 Å². The van der Waals surface area contributed by atoms with Crippen molar-refractivity contribution in [3.63, 3.8) is 0 Å². The highest BCUT2D eigenvalue weighted by atomic mass is 14.9. The Bertz CT molecular complexity index is 368. The molecule has 1 N–H and O–H groups in total. The number of hydrogen-bond donors (Lipinski definition) is 1. The minimum atomic E-state index is 0.527. The van der Waals surface area contributed by atoms with Crippen LogP contribution in [0.25, 0.3) is 0 Å². The van der Waals surface area contributed by atoms with Crippen LogP contribution in [-0.4, -0.2) is 0 Å². The van der Waals surface area contributed by atoms with Crippen LogP contribution in [0.2, 0.25) is 0 Å². The van der Waals surface area contributed by atoms with Gasteiger partial charge in [-0.1, -0.05) is 12.1 Å². The van der Waals surface area contributed by atoms with Crippen molar-refractivity contribution in [2.45, 2.75) is 6.92 Å². The molecule has 0 amide bonds. The zero-order valence-electron chi connectivity index (χ0n) is 6.63. The van der Waals surface area contributed by atoms with E-state index in [1.165, 1.54) is 0 Å². The van der Waals surface area contributed by atoms with Gasteiger partial charge in [0.05, 0.1) is 11.3 Å². The van der Waals surface area contributed by atoms with Gasteiger partial charge in [-0.25, -0.2) is 0 Å². The standard InChI is InChI=1S/C9H7N3/c1-7-3-2-4-9(12-6-11)8(7)5-10/h2-4,12H,1H3. The van der Waals surface area contributed by atoms with Gasteiger partial charge in [0.1, 0.15) is 6.07 Å². The molecule has 1 aromatic rings. The Morgan fingerprint density at radius 3 is 2.67 bits per heavy atom. The molecule has 0 radical (unpaired) electrons. The van der Waals surface area contributed by atoms with E-state index in [9.17, 15) is 0 Å². The van der Waals surface area contributed by atoms with Crippen LogP contribution >= 0.6 is 0 Å². The smallest absolute Gasteiger partial charge is 0.181 e. The first-order valence-electron chi connectivity index (χ1n) is 3.44. The number of aryl methyl sites for hydroxylation is 1. The van der Waals surface area contributed by atoms with Gasteiger partial charge in [0.2, 0.25) is 0 Å². The maximum absolute atomic E-state index is 8.73. The largest absolute Gasteiger partial charge is 0.291 e. The van der Waals surface area contributed by atoms with E-state index in [1.807, 2.05) is 19.1 Å². The number of anilines is 1. The van der Waals surface area contributed by atoms with Crippen LogP contribution in [0.4, 0.5) is 5.69 Å². The Morgan fingerprint density at radius 2 is 2.08 bits per heavy atom. The summed E-state index contributed by atoms with van der Waals surface area (Å²) >= 11 is 0. The zero-order chi connectivity index (χ0) is 8.97. The fourth-order valence-electron chi connectivity index (χ4n) is 0.981. The van der Waals surface area contributed by atoms with Crippen molar-refractivity contribution in [1.29, 1.82) is 10.5 Å². The van der Waals surface area contributed by atoms with E-state index < -0.39 is 0 Å². The third kappa shape index (κ3) is 1.36. The SMILES string of the molecule is Cc1cccc(NC#N)c1C#N. The van der Waals surface area contributed by atoms with E-state index in [0.29, 0.717) is 11.3 Å². The lowest BCUT2D eigenvalue weighted by Gasteiger charge is -2.01. The van der Waals surface area contributed by atoms with Crippen LogP contribution in [0.3, 0.4) is 0 Å². The molecule has 0 heterocycles. The van der Waals surface area contributed by atoms with Crippen LogP contribution in [-0.2, 0) is 0 Å². The van der Waals surface area contributed by atoms with Crippen LogP contribution in [0.15, 0.2) is 18.2 Å². The lowest BCUT2D eigenvalue weighted by Crippen LogP contribution is -1.93. The zero-order valence-corrected chi connectivity index (χ0v) is 6.63. The van der Waals surface area contributed by atoms with Crippen LogP contribution in [0, 0.1) is 29.7 Å². The number of rotatable bonds is 1. The molecule has 0 aromatic heterocycles. The Labute approximate surface area is 70.9 Å². The number of nitriles is 2. The first-order valence-corrected chi connectivity index (χ1v) is 3.44. The summed E-state index contributed by atoms with van der Waals surface area (Å²) in [5.41, 5.74) is 1.97. The Hall–Kier alpha value is -2.00. The van der Waals surface area contributed by atoms with Crippen molar-refractivity contribution in [3.05, 3.63) is 29.3 Å². The van der Waals surface area contributed by atoms with Crippen LogP contribution < -0.4 is 5.32 Å². The molecule has 58 valence electrons. The minimum Gasteiger partial charge on any atom is -0.291 e. The van der Waals surface area contributed by atoms with Gasteiger partial charge < -0.3 is 0 Å². The molecule has 12 heavy (non-hydrogen) atoms. The van der Waals surface area contributed by atoms with Gasteiger partial charge in [0.25, 0.3) is 0 Å². The van der Waals surface area contributed by atoms with Crippen LogP contribution in [0.1, 0.15) is 11.1 Å². The summed E-state index contributed by atoms with van der Waals surface area (Å²) in [4.78, 5) is 0. The molecule has 0 atom stereocenters. The lowest BCUT2D eigenvalue weighted by atomic mass is 10.1. The highest BCUT2D eigenvalue weighted by molar-refractivity contribution is 5.62. The number of hydrogen-bond acceptors (Lipinski definition) is 3. The van der Waals surface area contributed by atoms with E-state index >= 15 is 0 Å². The average Bonchev–Trinajstić information content (AvgIpc) is 2.05. The summed E-state index contributed by atoms with van der Waals surface area (Å²) < 4.78 is 0. The van der Waals surface area contributed by atoms with E-state index in [1.54, 1.807) is 18.3 Å². The molecule has 0 fully saturated rings. The summed E-state index contributed by atoms with van der Waals surface area (Å²) in [5, 5.41) is 19.5. The second kappa shape index (κ2) is 3.41. The number of benzene rings is 1. The second-order valence-corrected chi connectivity index (χ2v) is 2.35. The van der Waals surface area contributed by atoms with Gasteiger partial charge in [0, 0.05) is 0 Å². The second-order valence-electron chi connectivity index (χ2n) is 2.35. The molecular weight excluding hydrogens is 150 g/mol. The van der Waals surface area contributed by atoms with E-state index in [-0.39, 0.29) is 0 Å². The van der Waals surface area contributed by atoms with Crippen LogP contribution in [0.5, 0.6) is 0 Å². The normalized spacial score (nSPS) is 8.25. The summed E-state index contributed by atoms with van der Waals surface area (Å²) in [6, 6.07) is 7.37. The van der Waals surface area contributed by atoms with Crippen molar-refractivity contribution in [3.8, 4) is 12.3 Å². The third-order valence-corrected chi connectivity index (χ3v) is 1.58. The molecule has 1 aromatic carbocycles. The molecule has 0 aliphatic rings. The van der Waals surface area contributed by atoms with Gasteiger partial charge in [0.15, 0.2) is 6.19 Å². The van der Waals surface area contributed by atoms with Gasteiger partial charge in [-0.3, -0.25) is 5.32 Å². The maximum Gasteiger partial charge on any atom is 0.181 e. The molecule has 3 heteroatoms. The average molecular weight is 157 g/mol. The highest BCUT2D eigenvalue weighted by Gasteiger charge is 2.02. The van der Waals surface area contributed by atoms with E-state index in [2.05, 4.69) is 5.32 Å². The molecule has 3 nitrogen and oxygen atoms in total. The predicted octanol–water partition coefficient (Wildman–Crippen LogP) is 1.76. The van der Waals surface area contributed by atoms with E-state index in [4.69, 9.17) is 10.5 Å². The van der Waals surface area contributed by atoms with Gasteiger partial charge in [-0.2, -0.15) is 10.5 Å². The fraction of sp³-hybridized carbons (Fsp3) is 0.111. The van der Waals surface area contributed by atoms with Crippen molar-refractivity contribution < 1.29 is 0 Å².